The lowest BCUT2D eigenvalue weighted by atomic mass is 10.3. The molecule has 0 spiro atoms. The molecule has 0 amide bonds. The minimum absolute atomic E-state index is 0.173. The number of carbonyl (C=O) groups excluding carboxylic acids is 1. The Labute approximate surface area is 121 Å². The van der Waals surface area contributed by atoms with Gasteiger partial charge in [-0.25, -0.2) is 14.5 Å². The number of carbonyl (C=O) groups is 1. The predicted octanol–water partition coefficient (Wildman–Crippen LogP) is 1.48. The van der Waals surface area contributed by atoms with E-state index in [1.54, 1.807) is 24.1 Å². The molecule has 2 aromatic rings. The fraction of sp³-hybridized carbons (Fsp3) is 0.500. The molecule has 0 radical (unpaired) electrons. The van der Waals surface area contributed by atoms with Crippen LogP contribution in [0.3, 0.4) is 0 Å². The average molecular weight is 298 g/mol. The van der Waals surface area contributed by atoms with E-state index >= 15 is 0 Å². The van der Waals surface area contributed by atoms with Crippen molar-refractivity contribution in [1.82, 2.24) is 24.5 Å². The van der Waals surface area contributed by atoms with Crippen molar-refractivity contribution < 1.29 is 9.53 Å². The first kappa shape index (κ1) is 14.5. The van der Waals surface area contributed by atoms with Crippen LogP contribution in [0.25, 0.3) is 0 Å². The highest BCUT2D eigenvalue weighted by Gasteiger charge is 2.19. The van der Waals surface area contributed by atoms with Crippen molar-refractivity contribution in [3.63, 3.8) is 0 Å². The highest BCUT2D eigenvalue weighted by atomic mass is 35.5. The number of nitrogens with zero attached hydrogens (tertiary/aromatic N) is 5. The van der Waals surface area contributed by atoms with Crippen molar-refractivity contribution in [3.05, 3.63) is 30.1 Å². The molecule has 0 saturated heterocycles. The van der Waals surface area contributed by atoms with Crippen molar-refractivity contribution in [1.29, 1.82) is 0 Å². The second-order valence-corrected chi connectivity index (χ2v) is 4.38. The molecule has 7 nitrogen and oxygen atoms in total. The van der Waals surface area contributed by atoms with Gasteiger partial charge in [0.2, 0.25) is 0 Å². The summed E-state index contributed by atoms with van der Waals surface area (Å²) < 4.78 is 8.55. The summed E-state index contributed by atoms with van der Waals surface area (Å²) in [6.07, 6.45) is 6.23. The van der Waals surface area contributed by atoms with Crippen LogP contribution in [0.1, 0.15) is 29.5 Å². The topological polar surface area (TPSA) is 74.8 Å². The Bertz CT molecular complexity index is 552. The molecule has 0 atom stereocenters. The van der Waals surface area contributed by atoms with Crippen molar-refractivity contribution in [3.8, 4) is 0 Å². The van der Waals surface area contributed by atoms with Gasteiger partial charge in [-0.05, 0) is 13.3 Å². The number of hydrogen-bond donors (Lipinski definition) is 0. The van der Waals surface area contributed by atoms with Gasteiger partial charge in [0, 0.05) is 25.5 Å². The third kappa shape index (κ3) is 3.36. The maximum Gasteiger partial charge on any atom is 0.360 e. The zero-order valence-electron chi connectivity index (χ0n) is 11.2. The molecule has 0 unspecified atom stereocenters. The number of hydrogen-bond acceptors (Lipinski definition) is 5. The SMILES string of the molecule is CCOC(=O)c1nnn(CCCn2ccnc2)c1CCl. The van der Waals surface area contributed by atoms with Gasteiger partial charge in [0.15, 0.2) is 5.69 Å². The number of alkyl halides is 1. The van der Waals surface area contributed by atoms with Crippen LogP contribution < -0.4 is 0 Å². The van der Waals surface area contributed by atoms with E-state index in [1.807, 2.05) is 10.8 Å². The maximum atomic E-state index is 11.7. The summed E-state index contributed by atoms with van der Waals surface area (Å²) >= 11 is 5.88. The number of rotatable bonds is 7. The standard InChI is InChI=1S/C12H16ClN5O2/c1-2-20-12(19)11-10(8-13)18(16-15-11)6-3-5-17-7-4-14-9-17/h4,7,9H,2-3,5-6,8H2,1H3. The highest BCUT2D eigenvalue weighted by molar-refractivity contribution is 6.17. The van der Waals surface area contributed by atoms with Crippen LogP contribution in [0, 0.1) is 0 Å². The molecule has 2 rings (SSSR count). The van der Waals surface area contributed by atoms with E-state index in [0.717, 1.165) is 13.0 Å². The molecule has 0 saturated carbocycles. The van der Waals surface area contributed by atoms with Crippen molar-refractivity contribution in [2.45, 2.75) is 32.3 Å². The minimum atomic E-state index is -0.482. The zero-order valence-corrected chi connectivity index (χ0v) is 12.0. The Kier molecular flexibility index (Phi) is 5.11. The minimum Gasteiger partial charge on any atom is -0.461 e. The van der Waals surface area contributed by atoms with E-state index in [9.17, 15) is 4.79 Å². The van der Waals surface area contributed by atoms with Crippen molar-refractivity contribution in [2.24, 2.45) is 0 Å². The highest BCUT2D eigenvalue weighted by Crippen LogP contribution is 2.11. The molecular weight excluding hydrogens is 282 g/mol. The lowest BCUT2D eigenvalue weighted by Gasteiger charge is -2.06. The molecule has 0 fully saturated rings. The fourth-order valence-electron chi connectivity index (χ4n) is 1.82. The Morgan fingerprint density at radius 3 is 2.95 bits per heavy atom. The maximum absolute atomic E-state index is 11.7. The molecular formula is C12H16ClN5O2. The van der Waals surface area contributed by atoms with Gasteiger partial charge in [-0.1, -0.05) is 5.21 Å². The number of esters is 1. The second kappa shape index (κ2) is 7.04. The largest absolute Gasteiger partial charge is 0.461 e. The molecule has 0 aliphatic carbocycles. The Morgan fingerprint density at radius 2 is 2.30 bits per heavy atom. The van der Waals surface area contributed by atoms with Gasteiger partial charge in [0.25, 0.3) is 0 Å². The van der Waals surface area contributed by atoms with Gasteiger partial charge in [-0.3, -0.25) is 0 Å². The number of aryl methyl sites for hydroxylation is 2. The third-order valence-corrected chi connectivity index (χ3v) is 3.03. The Balaban J connectivity index is 1.99. The molecule has 0 aromatic carbocycles. The second-order valence-electron chi connectivity index (χ2n) is 4.12. The molecule has 20 heavy (non-hydrogen) atoms. The van der Waals surface area contributed by atoms with Crippen LogP contribution in [0.15, 0.2) is 18.7 Å². The van der Waals surface area contributed by atoms with Crippen LogP contribution in [0.2, 0.25) is 0 Å². The molecule has 2 heterocycles. The van der Waals surface area contributed by atoms with Crippen LogP contribution in [0.4, 0.5) is 0 Å². The fourth-order valence-corrected chi connectivity index (χ4v) is 2.09. The molecule has 108 valence electrons. The normalized spacial score (nSPS) is 10.7. The van der Waals surface area contributed by atoms with E-state index in [2.05, 4.69) is 15.3 Å². The van der Waals surface area contributed by atoms with Crippen LogP contribution in [-0.2, 0) is 23.7 Å². The summed E-state index contributed by atoms with van der Waals surface area (Å²) in [7, 11) is 0. The predicted molar refractivity (Wildman–Crippen MR) is 72.4 cm³/mol. The number of imidazole rings is 1. The number of halogens is 1. The lowest BCUT2D eigenvalue weighted by molar-refractivity contribution is 0.0518. The first-order valence-corrected chi connectivity index (χ1v) is 6.91. The monoisotopic (exact) mass is 297 g/mol. The van der Waals surface area contributed by atoms with Crippen molar-refractivity contribution in [2.75, 3.05) is 6.61 Å². The van der Waals surface area contributed by atoms with Gasteiger partial charge < -0.3 is 9.30 Å². The van der Waals surface area contributed by atoms with E-state index < -0.39 is 5.97 Å². The third-order valence-electron chi connectivity index (χ3n) is 2.78. The number of ether oxygens (including phenoxy) is 1. The summed E-state index contributed by atoms with van der Waals surface area (Å²) in [4.78, 5) is 15.7. The van der Waals surface area contributed by atoms with Crippen molar-refractivity contribution >= 4 is 17.6 Å². The quantitative estimate of drug-likeness (QED) is 0.571. The summed E-state index contributed by atoms with van der Waals surface area (Å²) in [6.45, 7) is 3.49. The molecule has 0 aliphatic rings. The van der Waals surface area contributed by atoms with Crippen LogP contribution in [0.5, 0.6) is 0 Å². The summed E-state index contributed by atoms with van der Waals surface area (Å²) in [5, 5.41) is 7.82. The lowest BCUT2D eigenvalue weighted by Crippen LogP contribution is -2.11. The number of aromatic nitrogens is 5. The molecule has 0 N–H and O–H groups in total. The Morgan fingerprint density at radius 1 is 1.45 bits per heavy atom. The molecule has 0 bridgehead atoms. The molecule has 0 aliphatic heterocycles. The molecule has 8 heteroatoms. The summed E-state index contributed by atoms with van der Waals surface area (Å²) in [5.41, 5.74) is 0.792. The van der Waals surface area contributed by atoms with E-state index in [4.69, 9.17) is 16.3 Å². The first-order valence-electron chi connectivity index (χ1n) is 6.37. The smallest absolute Gasteiger partial charge is 0.360 e. The summed E-state index contributed by atoms with van der Waals surface area (Å²) in [5.74, 6) is -0.310. The van der Waals surface area contributed by atoms with Crippen LogP contribution >= 0.6 is 11.6 Å². The Hall–Kier alpha value is -1.89. The summed E-state index contributed by atoms with van der Waals surface area (Å²) in [6, 6.07) is 0. The zero-order chi connectivity index (χ0) is 14.4. The van der Waals surface area contributed by atoms with Gasteiger partial charge >= 0.3 is 5.97 Å². The van der Waals surface area contributed by atoms with Gasteiger partial charge in [-0.15, -0.1) is 16.7 Å². The van der Waals surface area contributed by atoms with Gasteiger partial charge in [0.1, 0.15) is 0 Å². The van der Waals surface area contributed by atoms with Gasteiger partial charge in [-0.2, -0.15) is 0 Å². The molecule has 2 aromatic heterocycles. The van der Waals surface area contributed by atoms with E-state index in [-0.39, 0.29) is 11.6 Å². The average Bonchev–Trinajstić information content (AvgIpc) is 3.08. The van der Waals surface area contributed by atoms with Crippen LogP contribution in [-0.4, -0.2) is 37.1 Å². The van der Waals surface area contributed by atoms with E-state index in [0.29, 0.717) is 18.8 Å². The van der Waals surface area contributed by atoms with E-state index in [1.165, 1.54) is 0 Å². The first-order chi connectivity index (χ1) is 9.76. The van der Waals surface area contributed by atoms with Gasteiger partial charge in [0.05, 0.1) is 24.5 Å².